The number of rotatable bonds is 6. The Morgan fingerprint density at radius 2 is 2.18 bits per heavy atom. The number of unbranched alkanes of at least 4 members (excludes halogenated alkanes) is 2. The number of ether oxygens (including phenoxy) is 1. The molecule has 22 heavy (non-hydrogen) atoms. The molecule has 1 atom stereocenters. The molecule has 1 fully saturated rings. The third-order valence-corrected chi connectivity index (χ3v) is 3.95. The minimum atomic E-state index is 0.178. The minimum absolute atomic E-state index is 0.178. The molecule has 1 heterocycles. The van der Waals surface area contributed by atoms with Gasteiger partial charge in [0.2, 0.25) is 0 Å². The van der Waals surface area contributed by atoms with Crippen molar-refractivity contribution in [3.8, 4) is 23.3 Å². The summed E-state index contributed by atoms with van der Waals surface area (Å²) < 4.78 is 5.82. The number of aromatic hydroxyl groups is 1. The average Bonchev–Trinajstić information content (AvgIpc) is 2.90. The van der Waals surface area contributed by atoms with Crippen LogP contribution in [0.15, 0.2) is 18.2 Å². The number of phenolic OH excluding ortho intramolecular Hbond substituents is 1. The highest BCUT2D eigenvalue weighted by Gasteiger charge is 2.21. The molecule has 2 N–H and O–H groups in total. The fourth-order valence-electron chi connectivity index (χ4n) is 2.61. The number of benzene rings is 1. The standard InChI is InChI=1S/C18H25NO3/c1-19-9-6-8-16(19)14-22-18-12-15(11-17(21)13-18)7-4-2-3-5-10-20/h11-13,16,20-21H,2-3,5-6,8-10,14H2,1H3/t16-/m0/s1. The summed E-state index contributed by atoms with van der Waals surface area (Å²) in [7, 11) is 2.12. The second-order valence-corrected chi connectivity index (χ2v) is 5.79. The maximum Gasteiger partial charge on any atom is 0.124 e. The van der Waals surface area contributed by atoms with Gasteiger partial charge in [-0.05, 0) is 51.4 Å². The topological polar surface area (TPSA) is 52.9 Å². The van der Waals surface area contributed by atoms with E-state index in [2.05, 4.69) is 23.8 Å². The quantitative estimate of drug-likeness (QED) is 0.626. The molecule has 4 nitrogen and oxygen atoms in total. The molecule has 1 aliphatic rings. The Labute approximate surface area is 132 Å². The molecule has 1 aromatic rings. The number of phenols is 1. The smallest absolute Gasteiger partial charge is 0.124 e. The fraction of sp³-hybridized carbons (Fsp3) is 0.556. The van der Waals surface area contributed by atoms with E-state index in [9.17, 15) is 5.11 Å². The van der Waals surface area contributed by atoms with Crippen LogP contribution in [-0.2, 0) is 0 Å². The second kappa shape index (κ2) is 8.67. The van der Waals surface area contributed by atoms with Crippen molar-refractivity contribution >= 4 is 0 Å². The SMILES string of the molecule is CN1CCC[C@H]1COc1cc(O)cc(C#CCCCCO)c1. The van der Waals surface area contributed by atoms with Crippen LogP contribution in [0.2, 0.25) is 0 Å². The van der Waals surface area contributed by atoms with Gasteiger partial charge in [0.25, 0.3) is 0 Å². The van der Waals surface area contributed by atoms with E-state index in [1.807, 2.05) is 6.07 Å². The van der Waals surface area contributed by atoms with Gasteiger partial charge in [0.15, 0.2) is 0 Å². The molecule has 1 aromatic carbocycles. The molecular weight excluding hydrogens is 278 g/mol. The Balaban J connectivity index is 1.91. The van der Waals surface area contributed by atoms with Crippen LogP contribution in [0.1, 0.15) is 37.7 Å². The van der Waals surface area contributed by atoms with Gasteiger partial charge < -0.3 is 19.8 Å². The number of hydrogen-bond donors (Lipinski definition) is 2. The first-order valence-corrected chi connectivity index (χ1v) is 7.96. The number of likely N-dealkylation sites (N-methyl/N-ethyl adjacent to an activating group) is 1. The third kappa shape index (κ3) is 5.25. The monoisotopic (exact) mass is 303 g/mol. The van der Waals surface area contributed by atoms with Gasteiger partial charge in [-0.25, -0.2) is 0 Å². The predicted molar refractivity (Wildman–Crippen MR) is 87.1 cm³/mol. The van der Waals surface area contributed by atoms with Gasteiger partial charge in [0.05, 0.1) is 0 Å². The molecule has 4 heteroatoms. The first-order chi connectivity index (χ1) is 10.7. The van der Waals surface area contributed by atoms with Gasteiger partial charge in [0.1, 0.15) is 18.1 Å². The zero-order valence-corrected chi connectivity index (χ0v) is 13.2. The number of aliphatic hydroxyl groups excluding tert-OH is 1. The van der Waals surface area contributed by atoms with Crippen molar-refractivity contribution in [3.63, 3.8) is 0 Å². The van der Waals surface area contributed by atoms with Crippen LogP contribution >= 0.6 is 0 Å². The number of nitrogens with zero attached hydrogens (tertiary/aromatic N) is 1. The Morgan fingerprint density at radius 1 is 1.32 bits per heavy atom. The number of aliphatic hydroxyl groups is 1. The van der Waals surface area contributed by atoms with Gasteiger partial charge in [-0.1, -0.05) is 11.8 Å². The molecule has 1 saturated heterocycles. The zero-order valence-electron chi connectivity index (χ0n) is 13.2. The van der Waals surface area contributed by atoms with Crippen molar-refractivity contribution in [1.29, 1.82) is 0 Å². The Kier molecular flexibility index (Phi) is 6.57. The van der Waals surface area contributed by atoms with Crippen LogP contribution in [0.5, 0.6) is 11.5 Å². The highest BCUT2D eigenvalue weighted by Crippen LogP contribution is 2.23. The molecule has 0 aromatic heterocycles. The summed E-state index contributed by atoms with van der Waals surface area (Å²) in [5.74, 6) is 6.94. The normalized spacial score (nSPS) is 18.0. The van der Waals surface area contributed by atoms with E-state index in [1.54, 1.807) is 12.1 Å². The van der Waals surface area contributed by atoms with E-state index in [4.69, 9.17) is 9.84 Å². The van der Waals surface area contributed by atoms with E-state index in [0.717, 1.165) is 37.8 Å². The van der Waals surface area contributed by atoms with Gasteiger partial charge in [-0.15, -0.1) is 0 Å². The minimum Gasteiger partial charge on any atom is -0.508 e. The molecule has 1 aliphatic heterocycles. The highest BCUT2D eigenvalue weighted by molar-refractivity contribution is 5.45. The lowest BCUT2D eigenvalue weighted by Crippen LogP contribution is -2.30. The summed E-state index contributed by atoms with van der Waals surface area (Å²) in [6.07, 6.45) is 4.79. The van der Waals surface area contributed by atoms with E-state index >= 15 is 0 Å². The predicted octanol–water partition coefficient (Wildman–Crippen LogP) is 2.38. The van der Waals surface area contributed by atoms with Crippen LogP contribution in [0.25, 0.3) is 0 Å². The van der Waals surface area contributed by atoms with Crippen molar-refractivity contribution in [3.05, 3.63) is 23.8 Å². The van der Waals surface area contributed by atoms with Crippen molar-refractivity contribution in [2.24, 2.45) is 0 Å². The Morgan fingerprint density at radius 3 is 2.91 bits per heavy atom. The molecule has 0 aliphatic carbocycles. The lowest BCUT2D eigenvalue weighted by atomic mass is 10.2. The molecule has 0 unspecified atom stereocenters. The summed E-state index contributed by atoms with van der Waals surface area (Å²) in [5.41, 5.74) is 0.763. The maximum atomic E-state index is 9.79. The maximum absolute atomic E-state index is 9.79. The lowest BCUT2D eigenvalue weighted by Gasteiger charge is -2.19. The molecule has 0 saturated carbocycles. The third-order valence-electron chi connectivity index (χ3n) is 3.95. The Bertz CT molecular complexity index is 533. The van der Waals surface area contributed by atoms with Crippen molar-refractivity contribution in [1.82, 2.24) is 4.90 Å². The molecule has 120 valence electrons. The molecule has 0 bridgehead atoms. The van der Waals surface area contributed by atoms with Crippen molar-refractivity contribution in [2.45, 2.75) is 38.1 Å². The van der Waals surface area contributed by atoms with Crippen LogP contribution < -0.4 is 4.74 Å². The van der Waals surface area contributed by atoms with Crippen LogP contribution in [0.3, 0.4) is 0 Å². The van der Waals surface area contributed by atoms with E-state index < -0.39 is 0 Å². The largest absolute Gasteiger partial charge is 0.508 e. The summed E-state index contributed by atoms with van der Waals surface area (Å²) in [6, 6.07) is 5.60. The van der Waals surface area contributed by atoms with E-state index in [1.165, 1.54) is 6.42 Å². The van der Waals surface area contributed by atoms with E-state index in [-0.39, 0.29) is 12.4 Å². The second-order valence-electron chi connectivity index (χ2n) is 5.79. The summed E-state index contributed by atoms with van der Waals surface area (Å²) in [6.45, 7) is 1.98. The number of likely N-dealkylation sites (tertiary alicyclic amines) is 1. The van der Waals surface area contributed by atoms with E-state index in [0.29, 0.717) is 18.4 Å². The molecule has 0 radical (unpaired) electrons. The lowest BCUT2D eigenvalue weighted by molar-refractivity contribution is 0.198. The van der Waals surface area contributed by atoms with Gasteiger partial charge in [-0.3, -0.25) is 0 Å². The molecule has 2 rings (SSSR count). The molecule has 0 spiro atoms. The average molecular weight is 303 g/mol. The Hall–Kier alpha value is -1.70. The van der Waals surface area contributed by atoms with Crippen molar-refractivity contribution in [2.75, 3.05) is 26.8 Å². The van der Waals surface area contributed by atoms with Crippen LogP contribution in [-0.4, -0.2) is 48.0 Å². The first-order valence-electron chi connectivity index (χ1n) is 7.96. The summed E-state index contributed by atoms with van der Waals surface area (Å²) >= 11 is 0. The van der Waals surface area contributed by atoms with Crippen molar-refractivity contribution < 1.29 is 14.9 Å². The van der Waals surface area contributed by atoms with Crippen LogP contribution in [0.4, 0.5) is 0 Å². The summed E-state index contributed by atoms with van der Waals surface area (Å²) in [5, 5.41) is 18.5. The molecule has 0 amide bonds. The van der Waals surface area contributed by atoms with Gasteiger partial charge in [0, 0.05) is 30.7 Å². The highest BCUT2D eigenvalue weighted by atomic mass is 16.5. The van der Waals surface area contributed by atoms with Crippen LogP contribution in [0, 0.1) is 11.8 Å². The van der Waals surface area contributed by atoms with Gasteiger partial charge in [-0.2, -0.15) is 0 Å². The summed E-state index contributed by atoms with van der Waals surface area (Å²) in [4.78, 5) is 2.31. The first kappa shape index (κ1) is 16.7. The fourth-order valence-corrected chi connectivity index (χ4v) is 2.61. The van der Waals surface area contributed by atoms with Gasteiger partial charge >= 0.3 is 0 Å². The zero-order chi connectivity index (χ0) is 15.8. The number of hydrogen-bond acceptors (Lipinski definition) is 4. The molecular formula is C18H25NO3.